The summed E-state index contributed by atoms with van der Waals surface area (Å²) in [5, 5.41) is 9.08. The number of benzene rings is 1. The quantitative estimate of drug-likeness (QED) is 0.199. The first kappa shape index (κ1) is 30.8. The van der Waals surface area contributed by atoms with Gasteiger partial charge in [-0.15, -0.1) is 0 Å². The second kappa shape index (κ2) is 16.4. The minimum absolute atomic E-state index is 0.00152. The molecule has 0 saturated heterocycles. The monoisotopic (exact) mass is 512 g/mol. The third-order valence-corrected chi connectivity index (χ3v) is 7.48. The molecule has 1 N–H and O–H groups in total. The maximum atomic E-state index is 11.9. The van der Waals surface area contributed by atoms with Crippen LogP contribution in [-0.4, -0.2) is 36.9 Å². The van der Waals surface area contributed by atoms with Crippen molar-refractivity contribution < 1.29 is 24.2 Å². The SMILES string of the molecule is C=C(C)C(=O)OCC(COC(=O)C(=C)CO)Cc1ccc(CCC2CCC(CCCC(C)C)CC2)cc1. The molecule has 0 aliphatic heterocycles. The highest BCUT2D eigenvalue weighted by Crippen LogP contribution is 2.34. The van der Waals surface area contributed by atoms with E-state index in [4.69, 9.17) is 14.6 Å². The number of aliphatic hydroxyl groups excluding tert-OH is 1. The second-order valence-electron chi connectivity index (χ2n) is 11.4. The lowest BCUT2D eigenvalue weighted by molar-refractivity contribution is -0.144. The van der Waals surface area contributed by atoms with E-state index in [1.165, 1.54) is 56.9 Å². The Balaban J connectivity index is 1.81. The summed E-state index contributed by atoms with van der Waals surface area (Å²) in [6.07, 6.45) is 12.7. The average molecular weight is 513 g/mol. The molecule has 1 atom stereocenters. The maximum absolute atomic E-state index is 11.9. The summed E-state index contributed by atoms with van der Waals surface area (Å²) in [7, 11) is 0. The smallest absolute Gasteiger partial charge is 0.335 e. The number of hydrogen-bond acceptors (Lipinski definition) is 5. The molecule has 0 spiro atoms. The zero-order valence-corrected chi connectivity index (χ0v) is 23.3. The molecule has 2 rings (SSSR count). The first-order valence-corrected chi connectivity index (χ1v) is 14.0. The molecule has 1 unspecified atom stereocenters. The van der Waals surface area contributed by atoms with Crippen molar-refractivity contribution >= 4 is 11.9 Å². The van der Waals surface area contributed by atoms with Gasteiger partial charge in [-0.2, -0.15) is 0 Å². The van der Waals surface area contributed by atoms with E-state index in [2.05, 4.69) is 51.3 Å². The van der Waals surface area contributed by atoms with Gasteiger partial charge in [-0.1, -0.05) is 96.2 Å². The Morgan fingerprint density at radius 3 is 2.00 bits per heavy atom. The fourth-order valence-corrected chi connectivity index (χ4v) is 5.01. The van der Waals surface area contributed by atoms with E-state index < -0.39 is 18.5 Å². The molecule has 37 heavy (non-hydrogen) atoms. The second-order valence-corrected chi connectivity index (χ2v) is 11.4. The Kier molecular flexibility index (Phi) is 13.7. The van der Waals surface area contributed by atoms with Crippen molar-refractivity contribution in [2.75, 3.05) is 19.8 Å². The zero-order chi connectivity index (χ0) is 27.2. The van der Waals surface area contributed by atoms with Crippen molar-refractivity contribution in [1.29, 1.82) is 0 Å². The van der Waals surface area contributed by atoms with Gasteiger partial charge in [0.25, 0.3) is 0 Å². The molecule has 1 aliphatic rings. The summed E-state index contributed by atoms with van der Waals surface area (Å²) in [6, 6.07) is 8.60. The van der Waals surface area contributed by atoms with Gasteiger partial charge in [0, 0.05) is 11.5 Å². The first-order chi connectivity index (χ1) is 17.7. The summed E-state index contributed by atoms with van der Waals surface area (Å²) in [5.74, 6) is 1.30. The minimum Gasteiger partial charge on any atom is -0.462 e. The summed E-state index contributed by atoms with van der Waals surface area (Å²) in [4.78, 5) is 23.8. The standard InChI is InChI=1S/C32H48O5/c1-23(2)7-6-8-26-9-11-27(12-10-26)13-14-28-15-17-29(18-16-28)19-30(21-36-31(34)24(3)4)22-37-32(35)25(5)20-33/h15-18,23,26-27,30,33H,3,5-14,19-22H2,1-2,4H3. The lowest BCUT2D eigenvalue weighted by Gasteiger charge is -2.28. The van der Waals surface area contributed by atoms with Crippen LogP contribution in [0.2, 0.25) is 0 Å². The molecule has 0 radical (unpaired) electrons. The maximum Gasteiger partial charge on any atom is 0.335 e. The lowest BCUT2D eigenvalue weighted by atomic mass is 9.77. The molecule has 1 aromatic rings. The molecule has 5 nitrogen and oxygen atoms in total. The van der Waals surface area contributed by atoms with E-state index in [9.17, 15) is 9.59 Å². The normalized spacial score (nSPS) is 18.3. The van der Waals surface area contributed by atoms with Crippen molar-refractivity contribution in [2.24, 2.45) is 23.7 Å². The molecular weight excluding hydrogens is 464 g/mol. The van der Waals surface area contributed by atoms with E-state index in [1.54, 1.807) is 6.92 Å². The predicted octanol–water partition coefficient (Wildman–Crippen LogP) is 6.62. The van der Waals surface area contributed by atoms with Crippen LogP contribution in [0.4, 0.5) is 0 Å². The van der Waals surface area contributed by atoms with Gasteiger partial charge in [0.05, 0.1) is 25.4 Å². The topological polar surface area (TPSA) is 72.8 Å². The Hall–Kier alpha value is -2.40. The number of aryl methyl sites for hydroxylation is 1. The molecule has 5 heteroatoms. The third kappa shape index (κ3) is 12.1. The van der Waals surface area contributed by atoms with E-state index in [-0.39, 0.29) is 24.7 Å². The van der Waals surface area contributed by atoms with Crippen LogP contribution in [0, 0.1) is 23.7 Å². The van der Waals surface area contributed by atoms with E-state index in [0.29, 0.717) is 12.0 Å². The molecule has 0 amide bonds. The zero-order valence-electron chi connectivity index (χ0n) is 23.3. The summed E-state index contributed by atoms with van der Waals surface area (Å²) in [6.45, 7) is 13.1. The molecule has 0 heterocycles. The minimum atomic E-state index is -0.640. The molecule has 1 aromatic carbocycles. The number of hydrogen-bond donors (Lipinski definition) is 1. The van der Waals surface area contributed by atoms with Crippen molar-refractivity contribution in [3.63, 3.8) is 0 Å². The van der Waals surface area contributed by atoms with Gasteiger partial charge in [-0.05, 0) is 55.1 Å². The van der Waals surface area contributed by atoms with E-state index in [1.807, 2.05) is 0 Å². The van der Waals surface area contributed by atoms with Gasteiger partial charge in [0.2, 0.25) is 0 Å². The van der Waals surface area contributed by atoms with Crippen LogP contribution >= 0.6 is 0 Å². The van der Waals surface area contributed by atoms with E-state index in [0.717, 1.165) is 29.7 Å². The average Bonchev–Trinajstić information content (AvgIpc) is 2.89. The molecule has 0 aromatic heterocycles. The van der Waals surface area contributed by atoms with Crippen molar-refractivity contribution in [3.8, 4) is 0 Å². The summed E-state index contributed by atoms with van der Waals surface area (Å²) in [5.41, 5.74) is 2.77. The van der Waals surface area contributed by atoms with Crippen LogP contribution in [0.1, 0.15) is 83.3 Å². The Labute approximate surface area is 224 Å². The van der Waals surface area contributed by atoms with Crippen molar-refractivity contribution in [3.05, 3.63) is 59.7 Å². The highest BCUT2D eigenvalue weighted by atomic mass is 16.5. The Bertz CT molecular complexity index is 862. The number of carbonyl (C=O) groups is 2. The first-order valence-electron chi connectivity index (χ1n) is 14.0. The van der Waals surface area contributed by atoms with Gasteiger partial charge in [0.1, 0.15) is 0 Å². The lowest BCUT2D eigenvalue weighted by Crippen LogP contribution is -2.24. The molecule has 1 fully saturated rings. The fraction of sp³-hybridized carbons (Fsp3) is 0.625. The van der Waals surface area contributed by atoms with Gasteiger partial charge in [-0.25, -0.2) is 9.59 Å². The number of ether oxygens (including phenoxy) is 2. The number of esters is 2. The highest BCUT2D eigenvalue weighted by molar-refractivity contribution is 5.88. The Morgan fingerprint density at radius 1 is 0.919 bits per heavy atom. The molecule has 0 bridgehead atoms. The van der Waals surface area contributed by atoms with Gasteiger partial charge >= 0.3 is 11.9 Å². The van der Waals surface area contributed by atoms with Crippen molar-refractivity contribution in [1.82, 2.24) is 0 Å². The molecule has 1 aliphatic carbocycles. The van der Waals surface area contributed by atoms with Crippen LogP contribution in [0.3, 0.4) is 0 Å². The largest absolute Gasteiger partial charge is 0.462 e. The molecule has 1 saturated carbocycles. The van der Waals surface area contributed by atoms with Gasteiger partial charge in [-0.3, -0.25) is 0 Å². The fourth-order valence-electron chi connectivity index (χ4n) is 5.01. The summed E-state index contributed by atoms with van der Waals surface area (Å²) >= 11 is 0. The molecule has 206 valence electrons. The van der Waals surface area contributed by atoms with Crippen LogP contribution in [0.25, 0.3) is 0 Å². The summed E-state index contributed by atoms with van der Waals surface area (Å²) < 4.78 is 10.6. The number of aliphatic hydroxyl groups is 1. The highest BCUT2D eigenvalue weighted by Gasteiger charge is 2.21. The van der Waals surface area contributed by atoms with Gasteiger partial charge in [0.15, 0.2) is 0 Å². The van der Waals surface area contributed by atoms with Crippen LogP contribution in [-0.2, 0) is 31.9 Å². The van der Waals surface area contributed by atoms with E-state index >= 15 is 0 Å². The van der Waals surface area contributed by atoms with Crippen molar-refractivity contribution in [2.45, 2.75) is 85.0 Å². The number of carbonyl (C=O) groups excluding carboxylic acids is 2. The van der Waals surface area contributed by atoms with Gasteiger partial charge < -0.3 is 14.6 Å². The third-order valence-electron chi connectivity index (χ3n) is 7.48. The molecular formula is C32H48O5. The van der Waals surface area contributed by atoms with Crippen LogP contribution in [0.15, 0.2) is 48.6 Å². The predicted molar refractivity (Wildman–Crippen MR) is 149 cm³/mol. The Morgan fingerprint density at radius 2 is 1.46 bits per heavy atom. The number of rotatable bonds is 16. The van der Waals surface area contributed by atoms with Crippen LogP contribution in [0.5, 0.6) is 0 Å². The van der Waals surface area contributed by atoms with Crippen LogP contribution < -0.4 is 0 Å².